The molecule has 3 aromatic rings. The van der Waals surface area contributed by atoms with E-state index in [1.54, 1.807) is 0 Å². The zero-order chi connectivity index (χ0) is 24.7. The predicted molar refractivity (Wildman–Crippen MR) is 146 cm³/mol. The van der Waals surface area contributed by atoms with Gasteiger partial charge in [-0.05, 0) is 56.0 Å². The van der Waals surface area contributed by atoms with E-state index < -0.39 is 4.87 Å². The van der Waals surface area contributed by atoms with E-state index in [1.165, 1.54) is 22.3 Å². The molecule has 0 amide bonds. The summed E-state index contributed by atoms with van der Waals surface area (Å²) in [6.07, 6.45) is 0.739. The molecule has 0 nitrogen and oxygen atoms in total. The van der Waals surface area contributed by atoms with Crippen LogP contribution in [-0.4, -0.2) is 0 Å². The standard InChI is InChI=1S/C32H41Cl/c1-29(2,3)24-12-10-23(11-13-24)22-32(33,27-18-14-25(15-19-27)30(4,5)6)28-20-16-26(17-21-28)31(7,8)9/h10-21H,22H2,1-9H3. The normalized spacial score (nSPS) is 13.3. The van der Waals surface area contributed by atoms with Crippen LogP contribution in [0.5, 0.6) is 0 Å². The van der Waals surface area contributed by atoms with Crippen molar-refractivity contribution in [1.29, 1.82) is 0 Å². The predicted octanol–water partition coefficient (Wildman–Crippen LogP) is 9.30. The minimum atomic E-state index is -0.629. The second-order valence-electron chi connectivity index (χ2n) is 12.6. The molecule has 0 bridgehead atoms. The van der Waals surface area contributed by atoms with Crippen LogP contribution in [0.3, 0.4) is 0 Å². The Bertz CT molecular complexity index is 991. The zero-order valence-corrected chi connectivity index (χ0v) is 22.8. The molecule has 0 unspecified atom stereocenters. The molecule has 0 spiro atoms. The molecule has 0 fully saturated rings. The van der Waals surface area contributed by atoms with Crippen LogP contribution in [0.2, 0.25) is 0 Å². The molecule has 0 aliphatic carbocycles. The number of alkyl halides is 1. The second kappa shape index (κ2) is 8.95. The van der Waals surface area contributed by atoms with Gasteiger partial charge in [0.25, 0.3) is 0 Å². The van der Waals surface area contributed by atoms with Crippen molar-refractivity contribution >= 4 is 11.6 Å². The van der Waals surface area contributed by atoms with Gasteiger partial charge in [-0.15, -0.1) is 11.6 Å². The van der Waals surface area contributed by atoms with Crippen LogP contribution >= 0.6 is 11.6 Å². The van der Waals surface area contributed by atoms with Gasteiger partial charge in [-0.25, -0.2) is 0 Å². The van der Waals surface area contributed by atoms with Crippen LogP contribution in [-0.2, 0) is 27.5 Å². The van der Waals surface area contributed by atoms with Crippen molar-refractivity contribution < 1.29 is 0 Å². The Morgan fingerprint density at radius 1 is 0.424 bits per heavy atom. The van der Waals surface area contributed by atoms with E-state index in [0.717, 1.165) is 17.5 Å². The Hall–Kier alpha value is -2.05. The molecule has 176 valence electrons. The quantitative estimate of drug-likeness (QED) is 0.340. The van der Waals surface area contributed by atoms with E-state index in [2.05, 4.69) is 135 Å². The number of hydrogen-bond donors (Lipinski definition) is 0. The van der Waals surface area contributed by atoms with Gasteiger partial charge >= 0.3 is 0 Å². The van der Waals surface area contributed by atoms with E-state index in [0.29, 0.717) is 0 Å². The summed E-state index contributed by atoms with van der Waals surface area (Å²) in [7, 11) is 0. The SMILES string of the molecule is CC(C)(C)c1ccc(CC(Cl)(c2ccc(C(C)(C)C)cc2)c2ccc(C(C)(C)C)cc2)cc1. The van der Waals surface area contributed by atoms with E-state index in [4.69, 9.17) is 11.6 Å². The molecule has 3 aromatic carbocycles. The Balaban J connectivity index is 2.06. The van der Waals surface area contributed by atoms with Gasteiger partial charge in [-0.1, -0.05) is 135 Å². The van der Waals surface area contributed by atoms with Gasteiger partial charge in [-0.2, -0.15) is 0 Å². The van der Waals surface area contributed by atoms with Gasteiger partial charge in [0.2, 0.25) is 0 Å². The first-order chi connectivity index (χ1) is 15.1. The van der Waals surface area contributed by atoms with Crippen molar-refractivity contribution in [2.75, 3.05) is 0 Å². The fraction of sp³-hybridized carbons (Fsp3) is 0.438. The first-order valence-corrected chi connectivity index (χ1v) is 12.5. The van der Waals surface area contributed by atoms with Crippen LogP contribution in [0, 0.1) is 0 Å². The minimum absolute atomic E-state index is 0.116. The fourth-order valence-corrected chi connectivity index (χ4v) is 4.65. The third kappa shape index (κ3) is 5.90. The van der Waals surface area contributed by atoms with Crippen molar-refractivity contribution in [2.24, 2.45) is 0 Å². The summed E-state index contributed by atoms with van der Waals surface area (Å²) in [5.74, 6) is 0. The highest BCUT2D eigenvalue weighted by Crippen LogP contribution is 2.41. The van der Waals surface area contributed by atoms with E-state index >= 15 is 0 Å². The smallest absolute Gasteiger partial charge is 0.0984 e. The molecule has 0 saturated heterocycles. The van der Waals surface area contributed by atoms with Crippen LogP contribution in [0.1, 0.15) is 95.7 Å². The summed E-state index contributed by atoms with van der Waals surface area (Å²) < 4.78 is 0. The summed E-state index contributed by atoms with van der Waals surface area (Å²) in [4.78, 5) is -0.629. The Morgan fingerprint density at radius 2 is 0.667 bits per heavy atom. The number of benzene rings is 3. The third-order valence-corrected chi connectivity index (χ3v) is 7.25. The maximum absolute atomic E-state index is 7.59. The van der Waals surface area contributed by atoms with Crippen LogP contribution in [0.4, 0.5) is 0 Å². The molecule has 0 radical (unpaired) electrons. The molecule has 1 heteroatoms. The first-order valence-electron chi connectivity index (χ1n) is 12.1. The lowest BCUT2D eigenvalue weighted by Crippen LogP contribution is -2.25. The molecule has 0 aromatic heterocycles. The molecule has 0 saturated carbocycles. The molecular formula is C32H41Cl. The lowest BCUT2D eigenvalue weighted by molar-refractivity contribution is 0.587. The van der Waals surface area contributed by atoms with E-state index in [9.17, 15) is 0 Å². The molecule has 0 heterocycles. The van der Waals surface area contributed by atoms with Gasteiger partial charge in [0, 0.05) is 0 Å². The Kier molecular flexibility index (Phi) is 6.94. The minimum Gasteiger partial charge on any atom is -0.108 e. The van der Waals surface area contributed by atoms with Crippen LogP contribution in [0.25, 0.3) is 0 Å². The lowest BCUT2D eigenvalue weighted by Gasteiger charge is -2.31. The maximum atomic E-state index is 7.59. The van der Waals surface area contributed by atoms with E-state index in [1.807, 2.05) is 0 Å². The average Bonchev–Trinajstić information content (AvgIpc) is 2.72. The lowest BCUT2D eigenvalue weighted by atomic mass is 9.80. The highest BCUT2D eigenvalue weighted by Gasteiger charge is 2.33. The van der Waals surface area contributed by atoms with Gasteiger partial charge in [0.1, 0.15) is 0 Å². The molecule has 0 aliphatic heterocycles. The summed E-state index contributed by atoms with van der Waals surface area (Å²) in [5, 5.41) is 0. The topological polar surface area (TPSA) is 0 Å². The molecule has 0 atom stereocenters. The van der Waals surface area contributed by atoms with Gasteiger partial charge in [0.15, 0.2) is 0 Å². The van der Waals surface area contributed by atoms with Crippen LogP contribution < -0.4 is 0 Å². The second-order valence-corrected chi connectivity index (χ2v) is 13.2. The molecule has 33 heavy (non-hydrogen) atoms. The van der Waals surface area contributed by atoms with Crippen molar-refractivity contribution in [1.82, 2.24) is 0 Å². The van der Waals surface area contributed by atoms with Crippen molar-refractivity contribution in [3.63, 3.8) is 0 Å². The van der Waals surface area contributed by atoms with Crippen molar-refractivity contribution in [2.45, 2.75) is 89.9 Å². The molecular weight excluding hydrogens is 420 g/mol. The van der Waals surface area contributed by atoms with Crippen molar-refractivity contribution in [3.05, 3.63) is 106 Å². The fourth-order valence-electron chi connectivity index (χ4n) is 4.24. The highest BCUT2D eigenvalue weighted by atomic mass is 35.5. The molecule has 0 aliphatic rings. The monoisotopic (exact) mass is 460 g/mol. The summed E-state index contributed by atoms with van der Waals surface area (Å²) in [5.41, 5.74) is 7.89. The third-order valence-electron chi connectivity index (χ3n) is 6.68. The van der Waals surface area contributed by atoms with Crippen LogP contribution in [0.15, 0.2) is 72.8 Å². The van der Waals surface area contributed by atoms with Crippen molar-refractivity contribution in [3.8, 4) is 0 Å². The van der Waals surface area contributed by atoms with Gasteiger partial charge < -0.3 is 0 Å². The Labute approximate surface area is 207 Å². The molecule has 0 N–H and O–H groups in total. The average molecular weight is 461 g/mol. The summed E-state index contributed by atoms with van der Waals surface area (Å²) in [6.45, 7) is 20.2. The highest BCUT2D eigenvalue weighted by molar-refractivity contribution is 6.26. The Morgan fingerprint density at radius 3 is 0.939 bits per heavy atom. The largest absolute Gasteiger partial charge is 0.108 e. The number of hydrogen-bond acceptors (Lipinski definition) is 0. The number of halogens is 1. The summed E-state index contributed by atoms with van der Waals surface area (Å²) >= 11 is 7.59. The van der Waals surface area contributed by atoms with Gasteiger partial charge in [0.05, 0.1) is 4.87 Å². The number of rotatable bonds is 4. The van der Waals surface area contributed by atoms with Gasteiger partial charge in [-0.3, -0.25) is 0 Å². The summed E-state index contributed by atoms with van der Waals surface area (Å²) in [6, 6.07) is 26.8. The van der Waals surface area contributed by atoms with E-state index in [-0.39, 0.29) is 16.2 Å². The first kappa shape index (κ1) is 25.6. The zero-order valence-electron chi connectivity index (χ0n) is 22.0. The molecule has 3 rings (SSSR count). The maximum Gasteiger partial charge on any atom is 0.0984 e.